The molecule has 2 N–H and O–H groups in total. The monoisotopic (exact) mass is 393 g/mol. The third-order valence-corrected chi connectivity index (χ3v) is 6.67. The number of nitrogens with zero attached hydrogens (tertiary/aromatic N) is 3. The summed E-state index contributed by atoms with van der Waals surface area (Å²) < 4.78 is 5.87. The van der Waals surface area contributed by atoms with E-state index in [2.05, 4.69) is 58.0 Å². The van der Waals surface area contributed by atoms with Crippen LogP contribution in [0.2, 0.25) is 0 Å². The first-order valence-electron chi connectivity index (χ1n) is 10.2. The number of oxazole rings is 1. The van der Waals surface area contributed by atoms with Crippen molar-refractivity contribution in [3.8, 4) is 0 Å². The Bertz CT molecular complexity index is 625. The lowest BCUT2D eigenvalue weighted by atomic mass is 9.94. The van der Waals surface area contributed by atoms with Crippen LogP contribution < -0.4 is 10.6 Å². The maximum Gasteiger partial charge on any atom is 0.213 e. The van der Waals surface area contributed by atoms with E-state index < -0.39 is 0 Å². The van der Waals surface area contributed by atoms with Gasteiger partial charge in [-0.2, -0.15) is 11.8 Å². The van der Waals surface area contributed by atoms with Gasteiger partial charge in [-0.25, -0.2) is 4.98 Å². The molecule has 1 saturated carbocycles. The summed E-state index contributed by atoms with van der Waals surface area (Å²) in [6.45, 7) is 10.3. The van der Waals surface area contributed by atoms with Crippen molar-refractivity contribution in [3.05, 3.63) is 17.8 Å². The van der Waals surface area contributed by atoms with Crippen LogP contribution in [0.5, 0.6) is 0 Å². The lowest BCUT2D eigenvalue weighted by Gasteiger charge is -2.43. The molecule has 1 aromatic rings. The zero-order valence-corrected chi connectivity index (χ0v) is 18.1. The molecule has 1 aliphatic carbocycles. The lowest BCUT2D eigenvalue weighted by Crippen LogP contribution is -2.57. The number of rotatable bonds is 5. The Kier molecular flexibility index (Phi) is 6.74. The number of aromatic nitrogens is 1. The normalized spacial score (nSPS) is 21.4. The number of aliphatic imine (C=N–C) groups is 1. The van der Waals surface area contributed by atoms with Crippen molar-refractivity contribution in [1.29, 1.82) is 0 Å². The number of thioether (sulfide) groups is 1. The first kappa shape index (κ1) is 20.5. The molecule has 0 amide bonds. The van der Waals surface area contributed by atoms with Gasteiger partial charge in [0.1, 0.15) is 5.76 Å². The Balaban J connectivity index is 1.54. The molecule has 1 saturated heterocycles. The summed E-state index contributed by atoms with van der Waals surface area (Å²) in [5, 5.41) is 6.93. The summed E-state index contributed by atoms with van der Waals surface area (Å²) in [4.78, 5) is 11.5. The van der Waals surface area contributed by atoms with E-state index in [0.29, 0.717) is 18.0 Å². The van der Waals surface area contributed by atoms with E-state index in [4.69, 9.17) is 4.42 Å². The predicted molar refractivity (Wildman–Crippen MR) is 114 cm³/mol. The van der Waals surface area contributed by atoms with E-state index >= 15 is 0 Å². The molecule has 27 heavy (non-hydrogen) atoms. The molecular weight excluding hydrogens is 358 g/mol. The minimum Gasteiger partial charge on any atom is -0.443 e. The molecule has 2 fully saturated rings. The van der Waals surface area contributed by atoms with E-state index in [-0.39, 0.29) is 5.41 Å². The lowest BCUT2D eigenvalue weighted by molar-refractivity contribution is 0.107. The van der Waals surface area contributed by atoms with Crippen molar-refractivity contribution in [3.63, 3.8) is 0 Å². The van der Waals surface area contributed by atoms with Crippen LogP contribution in [0.4, 0.5) is 0 Å². The number of guanidine groups is 1. The highest BCUT2D eigenvalue weighted by atomic mass is 32.2. The van der Waals surface area contributed by atoms with Gasteiger partial charge in [0.15, 0.2) is 5.96 Å². The van der Waals surface area contributed by atoms with Crippen molar-refractivity contribution >= 4 is 17.7 Å². The Morgan fingerprint density at radius 1 is 1.26 bits per heavy atom. The second-order valence-corrected chi connectivity index (χ2v) is 9.90. The van der Waals surface area contributed by atoms with Crippen LogP contribution in [0.25, 0.3) is 0 Å². The average molecular weight is 394 g/mol. The van der Waals surface area contributed by atoms with Crippen molar-refractivity contribution < 1.29 is 4.42 Å². The maximum absolute atomic E-state index is 5.87. The van der Waals surface area contributed by atoms with Gasteiger partial charge in [-0.3, -0.25) is 9.89 Å². The summed E-state index contributed by atoms with van der Waals surface area (Å²) in [6.07, 6.45) is 7.08. The molecule has 0 bridgehead atoms. The van der Waals surface area contributed by atoms with Crippen LogP contribution in [0, 0.1) is 0 Å². The quantitative estimate of drug-likeness (QED) is 0.592. The SMILES string of the molecule is CN=C(NCc1ncc(C(C)(C)C)o1)NCC1(N2CCSCC2)CCCC1. The van der Waals surface area contributed by atoms with Gasteiger partial charge >= 0.3 is 0 Å². The molecule has 152 valence electrons. The van der Waals surface area contributed by atoms with Gasteiger partial charge in [0.25, 0.3) is 0 Å². The molecule has 2 heterocycles. The van der Waals surface area contributed by atoms with E-state index in [1.807, 2.05) is 13.2 Å². The fourth-order valence-electron chi connectivity index (χ4n) is 4.04. The molecule has 1 aliphatic heterocycles. The third-order valence-electron chi connectivity index (χ3n) is 5.72. The Morgan fingerprint density at radius 3 is 2.56 bits per heavy atom. The van der Waals surface area contributed by atoms with Gasteiger partial charge < -0.3 is 15.1 Å². The van der Waals surface area contributed by atoms with Crippen molar-refractivity contribution in [2.45, 2.75) is 64.0 Å². The van der Waals surface area contributed by atoms with E-state index in [9.17, 15) is 0 Å². The van der Waals surface area contributed by atoms with Crippen LogP contribution in [-0.4, -0.2) is 59.6 Å². The Labute approximate surface area is 168 Å². The summed E-state index contributed by atoms with van der Waals surface area (Å²) >= 11 is 2.08. The van der Waals surface area contributed by atoms with Gasteiger partial charge in [0, 0.05) is 49.1 Å². The molecule has 0 radical (unpaired) electrons. The Hall–Kier alpha value is -1.21. The highest BCUT2D eigenvalue weighted by Crippen LogP contribution is 2.36. The van der Waals surface area contributed by atoms with Crippen LogP contribution in [0.15, 0.2) is 15.6 Å². The zero-order valence-electron chi connectivity index (χ0n) is 17.3. The van der Waals surface area contributed by atoms with Gasteiger partial charge in [0.05, 0.1) is 12.7 Å². The summed E-state index contributed by atoms with van der Waals surface area (Å²) in [6, 6.07) is 0. The topological polar surface area (TPSA) is 65.7 Å². The molecule has 7 heteroatoms. The minimum absolute atomic E-state index is 0.0211. The van der Waals surface area contributed by atoms with Gasteiger partial charge in [0.2, 0.25) is 5.89 Å². The fraction of sp³-hybridized carbons (Fsp3) is 0.800. The molecule has 0 atom stereocenters. The first-order chi connectivity index (χ1) is 12.9. The van der Waals surface area contributed by atoms with Gasteiger partial charge in [-0.05, 0) is 12.8 Å². The summed E-state index contributed by atoms with van der Waals surface area (Å²) in [5.74, 6) is 4.95. The van der Waals surface area contributed by atoms with E-state index in [0.717, 1.165) is 18.3 Å². The van der Waals surface area contributed by atoms with Crippen molar-refractivity contribution in [2.24, 2.45) is 4.99 Å². The average Bonchev–Trinajstić information content (AvgIpc) is 3.33. The van der Waals surface area contributed by atoms with E-state index in [1.54, 1.807) is 0 Å². The number of hydrogen-bond acceptors (Lipinski definition) is 5. The minimum atomic E-state index is -0.0211. The highest BCUT2D eigenvalue weighted by molar-refractivity contribution is 7.99. The van der Waals surface area contributed by atoms with Gasteiger partial charge in [-0.15, -0.1) is 0 Å². The molecule has 3 rings (SSSR count). The molecule has 6 nitrogen and oxygen atoms in total. The predicted octanol–water partition coefficient (Wildman–Crippen LogP) is 3.00. The molecule has 0 aromatic carbocycles. The molecular formula is C20H35N5OS. The first-order valence-corrected chi connectivity index (χ1v) is 11.3. The van der Waals surface area contributed by atoms with Gasteiger partial charge in [-0.1, -0.05) is 33.6 Å². The number of nitrogens with one attached hydrogen (secondary N) is 2. The number of hydrogen-bond donors (Lipinski definition) is 2. The maximum atomic E-state index is 5.87. The second kappa shape index (κ2) is 8.86. The van der Waals surface area contributed by atoms with Crippen molar-refractivity contribution in [1.82, 2.24) is 20.5 Å². The highest BCUT2D eigenvalue weighted by Gasteiger charge is 2.39. The van der Waals surface area contributed by atoms with Crippen LogP contribution in [-0.2, 0) is 12.0 Å². The standard InChI is InChI=1S/C20H35N5OS/c1-19(2,3)16-13-22-17(26-16)14-23-18(21-4)24-15-20(7-5-6-8-20)25-9-11-27-12-10-25/h13H,5-12,14-15H2,1-4H3,(H2,21,23,24). The third kappa shape index (κ3) is 5.19. The van der Waals surface area contributed by atoms with Crippen LogP contribution in [0.3, 0.4) is 0 Å². The molecule has 0 unspecified atom stereocenters. The molecule has 2 aliphatic rings. The largest absolute Gasteiger partial charge is 0.443 e. The second-order valence-electron chi connectivity index (χ2n) is 8.68. The van der Waals surface area contributed by atoms with Crippen LogP contribution in [0.1, 0.15) is 58.1 Å². The van der Waals surface area contributed by atoms with Crippen LogP contribution >= 0.6 is 11.8 Å². The Morgan fingerprint density at radius 2 is 1.96 bits per heavy atom. The molecule has 1 aromatic heterocycles. The smallest absolute Gasteiger partial charge is 0.213 e. The van der Waals surface area contributed by atoms with Crippen molar-refractivity contribution in [2.75, 3.05) is 38.2 Å². The summed E-state index contributed by atoms with van der Waals surface area (Å²) in [5.41, 5.74) is 0.272. The summed E-state index contributed by atoms with van der Waals surface area (Å²) in [7, 11) is 1.82. The molecule has 0 spiro atoms. The zero-order chi connectivity index (χ0) is 19.3. The van der Waals surface area contributed by atoms with E-state index in [1.165, 1.54) is 50.3 Å². The fourth-order valence-corrected chi connectivity index (χ4v) is 4.95.